The molecule has 1 aromatic heterocycles. The van der Waals surface area contributed by atoms with Crippen LogP contribution in [0, 0.1) is 0 Å². The molecule has 106 valence electrons. The normalized spacial score (nSPS) is 24.2. The van der Waals surface area contributed by atoms with Crippen LogP contribution in [0.1, 0.15) is 16.9 Å². The lowest BCUT2D eigenvalue weighted by atomic mass is 9.96. The molecule has 19 heavy (non-hydrogen) atoms. The van der Waals surface area contributed by atoms with Crippen molar-refractivity contribution in [1.29, 1.82) is 0 Å². The van der Waals surface area contributed by atoms with E-state index in [-0.39, 0.29) is 0 Å². The lowest BCUT2D eigenvalue weighted by molar-refractivity contribution is -0.274. The minimum Gasteiger partial charge on any atom is -0.384 e. The zero-order valence-corrected chi connectivity index (χ0v) is 9.79. The zero-order valence-electron chi connectivity index (χ0n) is 8.97. The van der Waals surface area contributed by atoms with Crippen molar-refractivity contribution in [1.82, 2.24) is 0 Å². The fourth-order valence-corrected chi connectivity index (χ4v) is 2.64. The summed E-state index contributed by atoms with van der Waals surface area (Å²) in [6.45, 7) is 0. The number of hydrogen-bond donors (Lipinski definition) is 1. The average molecular weight is 304 g/mol. The number of nitrogens with two attached hydrogens (primary N) is 1. The first-order chi connectivity index (χ1) is 8.56. The largest absolute Gasteiger partial charge is 0.436 e. The van der Waals surface area contributed by atoms with Crippen molar-refractivity contribution < 1.29 is 31.2 Å². The van der Waals surface area contributed by atoms with Gasteiger partial charge in [0.1, 0.15) is 5.84 Å². The Labute approximate surface area is 106 Å². The molecule has 0 fully saturated rings. The summed E-state index contributed by atoms with van der Waals surface area (Å²) >= 11 is 0.308. The van der Waals surface area contributed by atoms with E-state index in [0.29, 0.717) is 22.8 Å². The van der Waals surface area contributed by atoms with Gasteiger partial charge in [-0.3, -0.25) is 0 Å². The number of hydrogen-bond acceptors (Lipinski definition) is 4. The Kier molecular flexibility index (Phi) is 2.96. The van der Waals surface area contributed by atoms with Gasteiger partial charge < -0.3 is 10.6 Å². The third-order valence-corrected chi connectivity index (χ3v) is 3.60. The second-order valence-corrected chi connectivity index (χ2v) is 4.78. The van der Waals surface area contributed by atoms with E-state index in [1.54, 1.807) is 0 Å². The predicted octanol–water partition coefficient (Wildman–Crippen LogP) is 3.22. The number of oxime groups is 1. The number of nitrogens with zero attached hydrogens (tertiary/aromatic N) is 1. The molecule has 0 bridgehead atoms. The van der Waals surface area contributed by atoms with E-state index < -0.39 is 40.7 Å². The van der Waals surface area contributed by atoms with Crippen molar-refractivity contribution >= 4 is 17.2 Å². The van der Waals surface area contributed by atoms with Crippen molar-refractivity contribution in [2.24, 2.45) is 10.9 Å². The third-order valence-electron chi connectivity index (χ3n) is 2.53. The topological polar surface area (TPSA) is 47.6 Å². The van der Waals surface area contributed by atoms with Crippen molar-refractivity contribution in [3.05, 3.63) is 21.9 Å². The van der Waals surface area contributed by atoms with Gasteiger partial charge in [0, 0.05) is 5.38 Å². The minimum absolute atomic E-state index is 0.308. The lowest BCUT2D eigenvalue weighted by Crippen LogP contribution is -2.42. The molecule has 1 unspecified atom stereocenters. The maximum absolute atomic E-state index is 13.1. The lowest BCUT2D eigenvalue weighted by Gasteiger charge is -2.27. The van der Waals surface area contributed by atoms with Gasteiger partial charge in [0.15, 0.2) is 0 Å². The Hall–Kier alpha value is -1.45. The Morgan fingerprint density at radius 3 is 2.26 bits per heavy atom. The van der Waals surface area contributed by atoms with Gasteiger partial charge in [0.25, 0.3) is 5.60 Å². The van der Waals surface area contributed by atoms with Gasteiger partial charge in [-0.05, 0) is 6.07 Å². The van der Waals surface area contributed by atoms with Gasteiger partial charge in [-0.15, -0.1) is 11.3 Å². The fourth-order valence-electron chi connectivity index (χ4n) is 1.58. The van der Waals surface area contributed by atoms with Crippen molar-refractivity contribution in [3.8, 4) is 0 Å². The van der Waals surface area contributed by atoms with E-state index in [9.17, 15) is 26.3 Å². The molecule has 2 rings (SSSR count). The SMILES string of the molecule is NC1=NOC(c2cc(C(F)(F)F)cs2)(C(F)(F)F)C1. The number of rotatable bonds is 1. The molecule has 0 aliphatic carbocycles. The Morgan fingerprint density at radius 1 is 1.26 bits per heavy atom. The summed E-state index contributed by atoms with van der Waals surface area (Å²) in [6, 6.07) is 0.409. The number of thiophene rings is 1. The van der Waals surface area contributed by atoms with Crippen LogP contribution in [0.2, 0.25) is 0 Å². The highest BCUT2D eigenvalue weighted by Crippen LogP contribution is 2.50. The first kappa shape index (κ1) is 14.0. The molecule has 10 heteroatoms. The van der Waals surface area contributed by atoms with Gasteiger partial charge in [-0.2, -0.15) is 26.3 Å². The predicted molar refractivity (Wildman–Crippen MR) is 54.4 cm³/mol. The average Bonchev–Trinajstić information content (AvgIpc) is 2.80. The molecule has 0 saturated carbocycles. The van der Waals surface area contributed by atoms with Crippen molar-refractivity contribution in [3.63, 3.8) is 0 Å². The van der Waals surface area contributed by atoms with E-state index >= 15 is 0 Å². The highest BCUT2D eigenvalue weighted by atomic mass is 32.1. The quantitative estimate of drug-likeness (QED) is 0.810. The highest BCUT2D eigenvalue weighted by molar-refractivity contribution is 7.10. The Balaban J connectivity index is 2.45. The summed E-state index contributed by atoms with van der Waals surface area (Å²) in [5.41, 5.74) is 1.06. The first-order valence-corrected chi connectivity index (χ1v) is 5.68. The first-order valence-electron chi connectivity index (χ1n) is 4.80. The fraction of sp³-hybridized carbons (Fsp3) is 0.444. The van der Waals surface area contributed by atoms with Gasteiger partial charge in [0.05, 0.1) is 16.9 Å². The maximum atomic E-state index is 13.1. The molecule has 0 radical (unpaired) electrons. The van der Waals surface area contributed by atoms with E-state index in [1.165, 1.54) is 0 Å². The maximum Gasteiger partial charge on any atom is 0.436 e. The van der Waals surface area contributed by atoms with Gasteiger partial charge in [-0.1, -0.05) is 5.16 Å². The molecular weight excluding hydrogens is 298 g/mol. The van der Waals surface area contributed by atoms with Crippen LogP contribution in [0.4, 0.5) is 26.3 Å². The smallest absolute Gasteiger partial charge is 0.384 e. The summed E-state index contributed by atoms with van der Waals surface area (Å²) in [6.07, 6.45) is -10.5. The third kappa shape index (κ3) is 2.24. The number of amidine groups is 1. The minimum atomic E-state index is -4.93. The van der Waals surface area contributed by atoms with Crippen LogP contribution < -0.4 is 5.73 Å². The van der Waals surface area contributed by atoms with Crippen molar-refractivity contribution in [2.75, 3.05) is 0 Å². The molecule has 2 N–H and O–H groups in total. The molecule has 1 atom stereocenters. The molecular formula is C9H6F6N2OS. The molecule has 1 aliphatic heterocycles. The van der Waals surface area contributed by atoms with Gasteiger partial charge in [-0.25, -0.2) is 0 Å². The van der Waals surface area contributed by atoms with E-state index in [2.05, 4.69) is 9.99 Å². The Morgan fingerprint density at radius 2 is 1.89 bits per heavy atom. The second-order valence-electron chi connectivity index (χ2n) is 3.87. The molecule has 0 amide bonds. The molecule has 1 aromatic rings. The van der Waals surface area contributed by atoms with Crippen LogP contribution in [-0.2, 0) is 16.6 Å². The number of alkyl halides is 6. The summed E-state index contributed by atoms with van der Waals surface area (Å²) in [5.74, 6) is -0.417. The van der Waals surface area contributed by atoms with Crippen LogP contribution in [0.15, 0.2) is 16.6 Å². The summed E-state index contributed by atoms with van der Waals surface area (Å²) < 4.78 is 76.4. The summed E-state index contributed by atoms with van der Waals surface area (Å²) in [7, 11) is 0. The summed E-state index contributed by atoms with van der Waals surface area (Å²) in [4.78, 5) is 3.68. The van der Waals surface area contributed by atoms with Gasteiger partial charge >= 0.3 is 12.4 Å². The van der Waals surface area contributed by atoms with Crippen LogP contribution >= 0.6 is 11.3 Å². The molecule has 0 spiro atoms. The van der Waals surface area contributed by atoms with Gasteiger partial charge in [0.2, 0.25) is 0 Å². The molecule has 2 heterocycles. The van der Waals surface area contributed by atoms with Crippen LogP contribution in [0.5, 0.6) is 0 Å². The molecule has 3 nitrogen and oxygen atoms in total. The van der Waals surface area contributed by atoms with E-state index in [4.69, 9.17) is 5.73 Å². The standard InChI is InChI=1S/C9H6F6N2OS/c10-8(11,12)4-1-5(19-3-4)7(9(13,14)15)2-6(16)17-18-7/h1,3H,2H2,(H2,16,17). The van der Waals surface area contributed by atoms with Crippen molar-refractivity contribution in [2.45, 2.75) is 24.4 Å². The monoisotopic (exact) mass is 304 g/mol. The number of halogens is 6. The zero-order chi connectivity index (χ0) is 14.5. The molecule has 1 aliphatic rings. The van der Waals surface area contributed by atoms with Crippen LogP contribution in [0.3, 0.4) is 0 Å². The van der Waals surface area contributed by atoms with Crippen LogP contribution in [0.25, 0.3) is 0 Å². The van der Waals surface area contributed by atoms with E-state index in [0.717, 1.165) is 0 Å². The second kappa shape index (κ2) is 4.02. The summed E-state index contributed by atoms with van der Waals surface area (Å²) in [5, 5.41) is 3.60. The Bertz CT molecular complexity index is 520. The molecule has 0 saturated heterocycles. The van der Waals surface area contributed by atoms with Crippen LogP contribution in [-0.4, -0.2) is 12.0 Å². The van der Waals surface area contributed by atoms with E-state index in [1.807, 2.05) is 0 Å². The molecule has 0 aromatic carbocycles. The highest BCUT2D eigenvalue weighted by Gasteiger charge is 2.63.